The van der Waals surface area contributed by atoms with Crippen LogP contribution in [0.5, 0.6) is 0 Å². The molecular weight excluding hydrogens is 348 g/mol. The van der Waals surface area contributed by atoms with Crippen LogP contribution in [0.2, 0.25) is 0 Å². The summed E-state index contributed by atoms with van der Waals surface area (Å²) in [4.78, 5) is 37.1. The molecule has 0 aromatic heterocycles. The minimum Gasteiger partial charge on any atom is -0.377 e. The summed E-state index contributed by atoms with van der Waals surface area (Å²) in [6.07, 6.45) is 6.93. The number of likely N-dealkylation sites (tertiary alicyclic amines) is 1. The van der Waals surface area contributed by atoms with Gasteiger partial charge in [0.2, 0.25) is 11.8 Å². The molecule has 27 heavy (non-hydrogen) atoms. The van der Waals surface area contributed by atoms with Crippen molar-refractivity contribution in [2.45, 2.75) is 57.4 Å². The van der Waals surface area contributed by atoms with E-state index in [1.165, 1.54) is 0 Å². The van der Waals surface area contributed by atoms with E-state index >= 15 is 0 Å². The lowest BCUT2D eigenvalue weighted by Crippen LogP contribution is -2.48. The molecule has 1 atom stereocenters. The predicted octanol–water partition coefficient (Wildman–Crippen LogP) is 1.06. The SMILES string of the molecule is CC1(NC(=O)CC2=CCOCC2)CCN(C(=O)CCCCCNC(N)=O)C1. The fourth-order valence-corrected chi connectivity index (χ4v) is 3.54. The lowest BCUT2D eigenvalue weighted by molar-refractivity contribution is -0.131. The van der Waals surface area contributed by atoms with E-state index in [0.29, 0.717) is 45.7 Å². The number of carbonyl (C=O) groups is 3. The number of hydrogen-bond donors (Lipinski definition) is 3. The molecule has 4 N–H and O–H groups in total. The van der Waals surface area contributed by atoms with Crippen LogP contribution < -0.4 is 16.4 Å². The molecule has 0 aliphatic carbocycles. The Kier molecular flexibility index (Phi) is 8.09. The molecule has 4 amide bonds. The summed E-state index contributed by atoms with van der Waals surface area (Å²) in [6.45, 7) is 5.04. The van der Waals surface area contributed by atoms with Gasteiger partial charge in [-0.15, -0.1) is 0 Å². The van der Waals surface area contributed by atoms with E-state index in [9.17, 15) is 14.4 Å². The summed E-state index contributed by atoms with van der Waals surface area (Å²) in [5.41, 5.74) is 5.77. The Morgan fingerprint density at radius 1 is 1.30 bits per heavy atom. The monoisotopic (exact) mass is 380 g/mol. The highest BCUT2D eigenvalue weighted by atomic mass is 16.5. The van der Waals surface area contributed by atoms with Gasteiger partial charge >= 0.3 is 6.03 Å². The van der Waals surface area contributed by atoms with Crippen molar-refractivity contribution in [3.63, 3.8) is 0 Å². The fraction of sp³-hybridized carbons (Fsp3) is 0.737. The maximum absolute atomic E-state index is 12.4. The molecule has 1 unspecified atom stereocenters. The van der Waals surface area contributed by atoms with Crippen molar-refractivity contribution in [1.82, 2.24) is 15.5 Å². The normalized spacial score (nSPS) is 22.3. The van der Waals surface area contributed by atoms with E-state index in [1.807, 2.05) is 17.9 Å². The Bertz CT molecular complexity index is 578. The number of amides is 4. The molecule has 2 rings (SSSR count). The standard InChI is InChI=1S/C19H32N4O4/c1-19(22-16(24)13-15-6-11-27-12-7-15)8-10-23(14-19)17(25)5-3-2-4-9-21-18(20)26/h6H,2-5,7-14H2,1H3,(H,22,24)(H3,20,21,26). The summed E-state index contributed by atoms with van der Waals surface area (Å²) < 4.78 is 5.26. The van der Waals surface area contributed by atoms with Gasteiger partial charge in [0.15, 0.2) is 0 Å². The van der Waals surface area contributed by atoms with Crippen LogP contribution >= 0.6 is 0 Å². The highest BCUT2D eigenvalue weighted by Crippen LogP contribution is 2.23. The minimum atomic E-state index is -0.516. The van der Waals surface area contributed by atoms with Crippen molar-refractivity contribution in [3.05, 3.63) is 11.6 Å². The third-order valence-corrected chi connectivity index (χ3v) is 5.08. The number of nitrogens with zero attached hydrogens (tertiary/aromatic N) is 1. The van der Waals surface area contributed by atoms with Gasteiger partial charge in [-0.2, -0.15) is 0 Å². The van der Waals surface area contributed by atoms with Crippen LogP contribution in [0.15, 0.2) is 11.6 Å². The number of carbonyl (C=O) groups excluding carboxylic acids is 3. The Balaban J connectivity index is 1.66. The zero-order valence-corrected chi connectivity index (χ0v) is 16.2. The van der Waals surface area contributed by atoms with E-state index in [-0.39, 0.29) is 17.4 Å². The van der Waals surface area contributed by atoms with Crippen molar-refractivity contribution >= 4 is 17.8 Å². The summed E-state index contributed by atoms with van der Waals surface area (Å²) in [5, 5.41) is 5.65. The number of hydrogen-bond acceptors (Lipinski definition) is 4. The zero-order chi connectivity index (χ0) is 19.7. The smallest absolute Gasteiger partial charge is 0.312 e. The molecule has 0 aromatic rings. The fourth-order valence-electron chi connectivity index (χ4n) is 3.54. The van der Waals surface area contributed by atoms with Crippen LogP contribution in [-0.4, -0.2) is 61.1 Å². The second kappa shape index (κ2) is 10.3. The molecule has 2 heterocycles. The number of primary amides is 1. The molecular formula is C19H32N4O4. The van der Waals surface area contributed by atoms with Crippen molar-refractivity contribution in [2.75, 3.05) is 32.8 Å². The molecule has 0 bridgehead atoms. The van der Waals surface area contributed by atoms with Gasteiger partial charge in [0, 0.05) is 32.5 Å². The van der Waals surface area contributed by atoms with Crippen molar-refractivity contribution < 1.29 is 19.1 Å². The zero-order valence-electron chi connectivity index (χ0n) is 16.2. The van der Waals surface area contributed by atoms with Crippen molar-refractivity contribution in [1.29, 1.82) is 0 Å². The highest BCUT2D eigenvalue weighted by Gasteiger charge is 2.36. The van der Waals surface area contributed by atoms with E-state index < -0.39 is 6.03 Å². The quantitative estimate of drug-likeness (QED) is 0.410. The van der Waals surface area contributed by atoms with Crippen LogP contribution in [0, 0.1) is 0 Å². The van der Waals surface area contributed by atoms with Crippen LogP contribution in [-0.2, 0) is 14.3 Å². The predicted molar refractivity (Wildman–Crippen MR) is 102 cm³/mol. The maximum atomic E-state index is 12.4. The maximum Gasteiger partial charge on any atom is 0.312 e. The molecule has 0 saturated carbocycles. The molecule has 2 aliphatic heterocycles. The van der Waals surface area contributed by atoms with E-state index in [1.54, 1.807) is 0 Å². The molecule has 0 radical (unpaired) electrons. The molecule has 0 aromatic carbocycles. The second-order valence-electron chi connectivity index (χ2n) is 7.64. The van der Waals surface area contributed by atoms with Gasteiger partial charge in [0.25, 0.3) is 0 Å². The van der Waals surface area contributed by atoms with Gasteiger partial charge in [0.05, 0.1) is 18.8 Å². The molecule has 0 spiro atoms. The second-order valence-corrected chi connectivity index (χ2v) is 7.64. The van der Waals surface area contributed by atoms with Gasteiger partial charge in [0.1, 0.15) is 0 Å². The third kappa shape index (κ3) is 7.58. The first-order valence-electron chi connectivity index (χ1n) is 9.76. The van der Waals surface area contributed by atoms with Crippen LogP contribution in [0.25, 0.3) is 0 Å². The number of nitrogens with one attached hydrogen (secondary N) is 2. The molecule has 8 nitrogen and oxygen atoms in total. The average molecular weight is 380 g/mol. The first kappa shape index (κ1) is 21.2. The van der Waals surface area contributed by atoms with Gasteiger partial charge in [-0.25, -0.2) is 4.79 Å². The molecule has 1 fully saturated rings. The first-order valence-corrected chi connectivity index (χ1v) is 9.76. The summed E-state index contributed by atoms with van der Waals surface area (Å²) in [7, 11) is 0. The van der Waals surface area contributed by atoms with Gasteiger partial charge in [-0.3, -0.25) is 9.59 Å². The topological polar surface area (TPSA) is 114 Å². The number of nitrogens with two attached hydrogens (primary N) is 1. The Labute approximate surface area is 160 Å². The number of ether oxygens (including phenoxy) is 1. The summed E-state index contributed by atoms with van der Waals surface area (Å²) >= 11 is 0. The molecule has 1 saturated heterocycles. The Morgan fingerprint density at radius 2 is 2.11 bits per heavy atom. The number of urea groups is 1. The summed E-state index contributed by atoms with van der Waals surface area (Å²) in [6, 6.07) is -0.516. The largest absolute Gasteiger partial charge is 0.377 e. The third-order valence-electron chi connectivity index (χ3n) is 5.08. The number of rotatable bonds is 9. The Morgan fingerprint density at radius 3 is 2.81 bits per heavy atom. The lowest BCUT2D eigenvalue weighted by atomic mass is 10.00. The van der Waals surface area contributed by atoms with Crippen LogP contribution in [0.3, 0.4) is 0 Å². The molecule has 152 valence electrons. The van der Waals surface area contributed by atoms with Crippen molar-refractivity contribution in [2.24, 2.45) is 5.73 Å². The highest BCUT2D eigenvalue weighted by molar-refractivity contribution is 5.80. The Hall–Kier alpha value is -2.09. The first-order chi connectivity index (χ1) is 12.9. The van der Waals surface area contributed by atoms with E-state index in [2.05, 4.69) is 10.6 Å². The van der Waals surface area contributed by atoms with Crippen LogP contribution in [0.1, 0.15) is 51.9 Å². The van der Waals surface area contributed by atoms with Crippen LogP contribution in [0.4, 0.5) is 4.79 Å². The van der Waals surface area contributed by atoms with Gasteiger partial charge in [-0.05, 0) is 32.6 Å². The number of unbranched alkanes of at least 4 members (excludes halogenated alkanes) is 2. The molecule has 8 heteroatoms. The summed E-state index contributed by atoms with van der Waals surface area (Å²) in [5.74, 6) is 0.143. The van der Waals surface area contributed by atoms with E-state index in [0.717, 1.165) is 37.7 Å². The van der Waals surface area contributed by atoms with Gasteiger partial charge in [-0.1, -0.05) is 18.1 Å². The van der Waals surface area contributed by atoms with Gasteiger partial charge < -0.3 is 26.0 Å². The average Bonchev–Trinajstić information content (AvgIpc) is 3.00. The minimum absolute atomic E-state index is 0.0156. The lowest BCUT2D eigenvalue weighted by Gasteiger charge is -2.27. The van der Waals surface area contributed by atoms with E-state index in [4.69, 9.17) is 10.5 Å². The molecule has 2 aliphatic rings. The van der Waals surface area contributed by atoms with Crippen molar-refractivity contribution in [3.8, 4) is 0 Å².